The average molecular weight is 714 g/mol. The number of carbonyl (C=O) groups excluding carboxylic acids is 3. The molecule has 0 bridgehead atoms. The summed E-state index contributed by atoms with van der Waals surface area (Å²) in [7, 11) is 0. The first-order valence-corrected chi connectivity index (χ1v) is 17.8. The van der Waals surface area contributed by atoms with Gasteiger partial charge in [0.2, 0.25) is 5.91 Å². The third-order valence-electron chi connectivity index (χ3n) is 8.15. The molecular formula is C39H31N5O5S2. The number of aryl methyl sites for hydroxylation is 1. The molecule has 1 aliphatic rings. The van der Waals surface area contributed by atoms with Crippen LogP contribution in [-0.4, -0.2) is 22.6 Å². The molecule has 3 amide bonds. The topological polar surface area (TPSA) is 154 Å². The summed E-state index contributed by atoms with van der Waals surface area (Å²) < 4.78 is 0. The van der Waals surface area contributed by atoms with Crippen LogP contribution in [0, 0.1) is 21.4 Å². The van der Waals surface area contributed by atoms with Crippen molar-refractivity contribution in [1.82, 2.24) is 5.32 Å². The van der Waals surface area contributed by atoms with Crippen LogP contribution in [0.2, 0.25) is 0 Å². The number of nitrogens with zero attached hydrogens (tertiary/aromatic N) is 2. The van der Waals surface area contributed by atoms with Gasteiger partial charge < -0.3 is 16.0 Å². The second-order valence-corrected chi connectivity index (χ2v) is 13.9. The zero-order valence-electron chi connectivity index (χ0n) is 27.1. The zero-order chi connectivity index (χ0) is 35.7. The van der Waals surface area contributed by atoms with Gasteiger partial charge in [0.05, 0.1) is 10.5 Å². The molecule has 0 saturated carbocycles. The molecule has 0 saturated heterocycles. The molecule has 3 N–H and O–H groups in total. The van der Waals surface area contributed by atoms with Gasteiger partial charge in [0, 0.05) is 33.2 Å². The van der Waals surface area contributed by atoms with Gasteiger partial charge in [0.1, 0.15) is 22.0 Å². The maximum atomic E-state index is 13.9. The Balaban J connectivity index is 1.24. The number of thiophene rings is 1. The van der Waals surface area contributed by atoms with E-state index >= 15 is 0 Å². The number of thioether (sulfide) groups is 1. The van der Waals surface area contributed by atoms with Gasteiger partial charge in [-0.25, -0.2) is 0 Å². The highest BCUT2D eigenvalue weighted by atomic mass is 32.2. The quantitative estimate of drug-likeness (QED) is 0.0539. The Hall–Kier alpha value is -6.03. The smallest absolute Gasteiger partial charge is 0.272 e. The third-order valence-corrected chi connectivity index (χ3v) is 10.6. The monoisotopic (exact) mass is 713 g/mol. The number of nitro benzene ring substituents is 1. The van der Waals surface area contributed by atoms with Gasteiger partial charge in [-0.05, 0) is 90.9 Å². The summed E-state index contributed by atoms with van der Waals surface area (Å²) in [5.41, 5.74) is 3.39. The van der Waals surface area contributed by atoms with E-state index in [-0.39, 0.29) is 17.3 Å². The van der Waals surface area contributed by atoms with Crippen molar-refractivity contribution in [3.63, 3.8) is 0 Å². The van der Waals surface area contributed by atoms with Crippen LogP contribution in [0.15, 0.2) is 120 Å². The molecule has 4 aromatic carbocycles. The molecule has 1 aliphatic carbocycles. The number of non-ortho nitro benzene ring substituents is 1. The number of benzene rings is 4. The average Bonchev–Trinajstić information content (AvgIpc) is 3.51. The van der Waals surface area contributed by atoms with Crippen LogP contribution < -0.4 is 16.0 Å². The lowest BCUT2D eigenvalue weighted by atomic mass is 9.96. The lowest BCUT2D eigenvalue weighted by molar-refractivity contribution is -0.384. The largest absolute Gasteiger partial charge is 0.321 e. The number of nitriles is 1. The van der Waals surface area contributed by atoms with Crippen molar-refractivity contribution in [2.24, 2.45) is 0 Å². The molecule has 12 heteroatoms. The summed E-state index contributed by atoms with van der Waals surface area (Å²) in [4.78, 5) is 53.1. The van der Waals surface area contributed by atoms with E-state index in [1.165, 1.54) is 53.4 Å². The third kappa shape index (κ3) is 8.59. The van der Waals surface area contributed by atoms with Crippen LogP contribution in [0.4, 0.5) is 16.4 Å². The maximum absolute atomic E-state index is 13.9. The molecule has 6 rings (SSSR count). The molecule has 1 heterocycles. The summed E-state index contributed by atoms with van der Waals surface area (Å²) in [5.74, 6) is -1.40. The first kappa shape index (κ1) is 34.8. The van der Waals surface area contributed by atoms with E-state index in [1.807, 2.05) is 36.4 Å². The zero-order valence-corrected chi connectivity index (χ0v) is 28.8. The van der Waals surface area contributed by atoms with Crippen molar-refractivity contribution in [2.75, 3.05) is 10.6 Å². The Bertz CT molecular complexity index is 2160. The maximum Gasteiger partial charge on any atom is 0.272 e. The number of amides is 3. The molecule has 1 atom stereocenters. The van der Waals surface area contributed by atoms with E-state index in [0.717, 1.165) is 41.7 Å². The molecule has 51 heavy (non-hydrogen) atoms. The normalized spacial score (nSPS) is 12.9. The Morgan fingerprint density at radius 1 is 0.882 bits per heavy atom. The van der Waals surface area contributed by atoms with Gasteiger partial charge >= 0.3 is 0 Å². The van der Waals surface area contributed by atoms with Crippen molar-refractivity contribution in [2.45, 2.75) is 35.8 Å². The molecular weight excluding hydrogens is 683 g/mol. The highest BCUT2D eigenvalue weighted by molar-refractivity contribution is 8.00. The Morgan fingerprint density at radius 3 is 2.29 bits per heavy atom. The standard InChI is InChI=1S/C39H31N5O5S2/c40-24-32-31-16-7-8-17-34(31)51-39(32)43-38(47)35(26-10-3-1-4-11-26)50-30-15-9-14-28(23-30)41-37(46)33(42-36(45)27-12-5-2-6-13-27)22-25-18-20-29(21-19-25)44(48)49/h1-6,9-15,18-23,35H,7-8,16-17H2,(H,41,46)(H,42,45)(H,43,47)/b33-22+. The molecule has 1 unspecified atom stereocenters. The van der Waals surface area contributed by atoms with Gasteiger partial charge in [-0.1, -0.05) is 54.6 Å². The Morgan fingerprint density at radius 2 is 1.59 bits per heavy atom. The first-order chi connectivity index (χ1) is 24.8. The predicted octanol–water partition coefficient (Wildman–Crippen LogP) is 8.29. The van der Waals surface area contributed by atoms with Crippen molar-refractivity contribution >= 4 is 63.3 Å². The highest BCUT2D eigenvalue weighted by Gasteiger charge is 2.27. The van der Waals surface area contributed by atoms with Gasteiger partial charge in [0.15, 0.2) is 0 Å². The Labute approximate surface area is 302 Å². The fraction of sp³-hybridized carbons (Fsp3) is 0.128. The number of hydrogen-bond donors (Lipinski definition) is 3. The van der Waals surface area contributed by atoms with Crippen molar-refractivity contribution < 1.29 is 19.3 Å². The number of anilines is 2. The predicted molar refractivity (Wildman–Crippen MR) is 199 cm³/mol. The molecule has 1 aromatic heterocycles. The summed E-state index contributed by atoms with van der Waals surface area (Å²) in [6.45, 7) is 0. The molecule has 254 valence electrons. The number of rotatable bonds is 11. The summed E-state index contributed by atoms with van der Waals surface area (Å²) >= 11 is 2.77. The number of fused-ring (bicyclic) bond motifs is 1. The van der Waals surface area contributed by atoms with E-state index in [1.54, 1.807) is 48.5 Å². The van der Waals surface area contributed by atoms with Crippen LogP contribution in [0.1, 0.15) is 55.6 Å². The van der Waals surface area contributed by atoms with Crippen molar-refractivity contribution in [3.8, 4) is 6.07 Å². The minimum Gasteiger partial charge on any atom is -0.321 e. The SMILES string of the molecule is N#Cc1c(NC(=O)C(Sc2cccc(NC(=O)/C(=C\c3ccc([N+](=O)[O-])cc3)NC(=O)c3ccccc3)c2)c2ccccc2)sc2c1CCCC2. The molecule has 0 radical (unpaired) electrons. The van der Waals surface area contributed by atoms with Gasteiger partial charge in [-0.3, -0.25) is 24.5 Å². The van der Waals surface area contributed by atoms with Crippen LogP contribution in [0.3, 0.4) is 0 Å². The number of carbonyl (C=O) groups is 3. The number of nitrogens with one attached hydrogen (secondary N) is 3. The second kappa shape index (κ2) is 16.1. The summed E-state index contributed by atoms with van der Waals surface area (Å²) in [6, 6.07) is 32.7. The van der Waals surface area contributed by atoms with E-state index in [0.29, 0.717) is 32.3 Å². The summed E-state index contributed by atoms with van der Waals surface area (Å²) in [5, 5.41) is 29.5. The van der Waals surface area contributed by atoms with Crippen LogP contribution in [0.5, 0.6) is 0 Å². The fourth-order valence-corrected chi connectivity index (χ4v) is 7.96. The van der Waals surface area contributed by atoms with E-state index in [2.05, 4.69) is 22.0 Å². The van der Waals surface area contributed by atoms with E-state index in [9.17, 15) is 29.8 Å². The number of hydrogen-bond acceptors (Lipinski definition) is 8. The minimum absolute atomic E-state index is 0.0794. The molecule has 10 nitrogen and oxygen atoms in total. The number of nitro groups is 1. The van der Waals surface area contributed by atoms with Crippen LogP contribution in [-0.2, 0) is 22.4 Å². The summed E-state index contributed by atoms with van der Waals surface area (Å²) in [6.07, 6.45) is 5.26. The highest BCUT2D eigenvalue weighted by Crippen LogP contribution is 2.41. The first-order valence-electron chi connectivity index (χ1n) is 16.1. The van der Waals surface area contributed by atoms with Crippen LogP contribution in [0.25, 0.3) is 6.08 Å². The van der Waals surface area contributed by atoms with E-state index < -0.39 is 22.0 Å². The molecule has 0 aliphatic heterocycles. The molecule has 0 spiro atoms. The fourth-order valence-electron chi connectivity index (χ4n) is 5.63. The lowest BCUT2D eigenvalue weighted by Crippen LogP contribution is -2.30. The van der Waals surface area contributed by atoms with Crippen molar-refractivity contribution in [1.29, 1.82) is 5.26 Å². The molecule has 5 aromatic rings. The van der Waals surface area contributed by atoms with Crippen LogP contribution >= 0.6 is 23.1 Å². The molecule has 0 fully saturated rings. The van der Waals surface area contributed by atoms with Crippen molar-refractivity contribution in [3.05, 3.63) is 158 Å². The van der Waals surface area contributed by atoms with Gasteiger partial charge in [-0.15, -0.1) is 23.1 Å². The van der Waals surface area contributed by atoms with Gasteiger partial charge in [-0.2, -0.15) is 5.26 Å². The Kier molecular flexibility index (Phi) is 11.0. The lowest BCUT2D eigenvalue weighted by Gasteiger charge is -2.17. The van der Waals surface area contributed by atoms with E-state index in [4.69, 9.17) is 0 Å². The second-order valence-electron chi connectivity index (χ2n) is 11.6. The minimum atomic E-state index is -0.675. The van der Waals surface area contributed by atoms with Gasteiger partial charge in [0.25, 0.3) is 17.5 Å².